The Morgan fingerprint density at radius 1 is 1.03 bits per heavy atom. The van der Waals surface area contributed by atoms with Crippen LogP contribution in [0.2, 0.25) is 0 Å². The number of aliphatic hydroxyl groups excluding tert-OH is 1. The zero-order valence-corrected chi connectivity index (χ0v) is 21.9. The number of morpholine rings is 1. The predicted octanol–water partition coefficient (Wildman–Crippen LogP) is 4.18. The van der Waals surface area contributed by atoms with E-state index in [1.54, 1.807) is 35.2 Å². The normalized spacial score (nSPS) is 19.5. The molecule has 0 bridgehead atoms. The summed E-state index contributed by atoms with van der Waals surface area (Å²) in [5.74, 6) is -0.155. The van der Waals surface area contributed by atoms with Crippen molar-refractivity contribution in [2.45, 2.75) is 25.8 Å². The van der Waals surface area contributed by atoms with Gasteiger partial charge >= 0.3 is 0 Å². The molecule has 2 saturated heterocycles. The van der Waals surface area contributed by atoms with E-state index in [1.807, 2.05) is 31.2 Å². The van der Waals surface area contributed by atoms with E-state index in [-0.39, 0.29) is 11.3 Å². The topological polar surface area (TPSA) is 88.5 Å². The number of benzene rings is 2. The summed E-state index contributed by atoms with van der Waals surface area (Å²) in [7, 11) is 0. The first kappa shape index (κ1) is 27.4. The number of likely N-dealkylation sites (tertiary alicyclic amines) is 1. The van der Waals surface area contributed by atoms with Crippen molar-refractivity contribution in [1.29, 1.82) is 0 Å². The van der Waals surface area contributed by atoms with Crippen molar-refractivity contribution in [3.8, 4) is 11.5 Å². The molecule has 0 aromatic heterocycles. The zero-order valence-electron chi connectivity index (χ0n) is 21.9. The number of carbonyl (C=O) groups is 2. The highest BCUT2D eigenvalue weighted by Crippen LogP contribution is 2.40. The van der Waals surface area contributed by atoms with Gasteiger partial charge in [0.2, 0.25) is 0 Å². The molecule has 2 aromatic carbocycles. The van der Waals surface area contributed by atoms with E-state index in [0.717, 1.165) is 37.4 Å². The van der Waals surface area contributed by atoms with Crippen LogP contribution in [-0.4, -0.2) is 79.2 Å². The summed E-state index contributed by atoms with van der Waals surface area (Å²) in [5, 5.41) is 11.3. The predicted molar refractivity (Wildman–Crippen MR) is 145 cm³/mol. The van der Waals surface area contributed by atoms with Gasteiger partial charge in [-0.15, -0.1) is 0 Å². The Kier molecular flexibility index (Phi) is 9.56. The number of nitrogens with zero attached hydrogens (tertiary/aromatic N) is 2. The number of hydrogen-bond donors (Lipinski definition) is 1. The number of hydrogen-bond acceptors (Lipinski definition) is 7. The molecular formula is C30H36N2O6. The molecule has 1 amide bonds. The Hall–Kier alpha value is -3.62. The summed E-state index contributed by atoms with van der Waals surface area (Å²) in [6.07, 6.45) is 3.24. The van der Waals surface area contributed by atoms with E-state index in [1.165, 1.54) is 0 Å². The lowest BCUT2D eigenvalue weighted by Crippen LogP contribution is -2.38. The molecule has 2 aliphatic heterocycles. The lowest BCUT2D eigenvalue weighted by molar-refractivity contribution is -0.140. The molecule has 38 heavy (non-hydrogen) atoms. The van der Waals surface area contributed by atoms with Crippen molar-refractivity contribution in [3.63, 3.8) is 0 Å². The van der Waals surface area contributed by atoms with Crippen LogP contribution in [0.3, 0.4) is 0 Å². The van der Waals surface area contributed by atoms with Crippen LogP contribution in [0, 0.1) is 0 Å². The molecule has 2 fully saturated rings. The monoisotopic (exact) mass is 520 g/mol. The van der Waals surface area contributed by atoms with Crippen molar-refractivity contribution >= 4 is 17.4 Å². The van der Waals surface area contributed by atoms with Crippen molar-refractivity contribution in [2.24, 2.45) is 0 Å². The minimum absolute atomic E-state index is 0.0864. The standard InChI is InChI=1S/C30H36N2O6/c1-3-18-37-24-10-6-22(7-11-24)27-26(28(33)23-8-12-25(13-9-23)38-19-4-2)29(34)30(35)32(27)15-5-14-31-16-20-36-21-17-31/h4,6-13,27,33H,2-3,5,14-21H2,1H3/t27-/m1/s1. The SMILES string of the molecule is C=CCOc1ccc(C(O)=C2C(=O)C(=O)N(CCCN3CCOCC3)[C@@H]2c2ccc(OCCC)cc2)cc1. The van der Waals surface area contributed by atoms with Crippen LogP contribution in [0.1, 0.15) is 36.9 Å². The number of ether oxygens (including phenoxy) is 3. The lowest BCUT2D eigenvalue weighted by atomic mass is 9.95. The molecular weight excluding hydrogens is 484 g/mol. The Balaban J connectivity index is 1.63. The van der Waals surface area contributed by atoms with Crippen molar-refractivity contribution in [2.75, 3.05) is 52.6 Å². The fraction of sp³-hybridized carbons (Fsp3) is 0.400. The lowest BCUT2D eigenvalue weighted by Gasteiger charge is -2.29. The van der Waals surface area contributed by atoms with Gasteiger partial charge in [0.05, 0.1) is 31.4 Å². The van der Waals surface area contributed by atoms with E-state index in [9.17, 15) is 14.7 Å². The highest BCUT2D eigenvalue weighted by Gasteiger charge is 2.45. The maximum Gasteiger partial charge on any atom is 0.295 e. The van der Waals surface area contributed by atoms with Crippen LogP contribution >= 0.6 is 0 Å². The molecule has 2 aliphatic rings. The molecule has 8 heteroatoms. The number of carbonyl (C=O) groups excluding carboxylic acids is 2. The van der Waals surface area contributed by atoms with E-state index in [0.29, 0.717) is 50.7 Å². The number of amides is 1. The molecule has 0 aliphatic carbocycles. The van der Waals surface area contributed by atoms with E-state index in [4.69, 9.17) is 14.2 Å². The first-order valence-electron chi connectivity index (χ1n) is 13.2. The molecule has 2 aromatic rings. The van der Waals surface area contributed by atoms with Gasteiger partial charge in [-0.25, -0.2) is 0 Å². The average Bonchev–Trinajstić information content (AvgIpc) is 3.21. The highest BCUT2D eigenvalue weighted by molar-refractivity contribution is 6.46. The quantitative estimate of drug-likeness (QED) is 0.194. The molecule has 1 atom stereocenters. The van der Waals surface area contributed by atoms with E-state index >= 15 is 0 Å². The van der Waals surface area contributed by atoms with E-state index in [2.05, 4.69) is 11.5 Å². The minimum Gasteiger partial charge on any atom is -0.507 e. The maximum atomic E-state index is 13.3. The van der Waals surface area contributed by atoms with Crippen LogP contribution in [0.15, 0.2) is 66.8 Å². The van der Waals surface area contributed by atoms with Gasteiger partial charge in [-0.2, -0.15) is 0 Å². The van der Waals surface area contributed by atoms with Gasteiger partial charge in [0, 0.05) is 31.7 Å². The number of Topliss-reactive ketones (excluding diaryl/α,β-unsaturated/α-hetero) is 1. The smallest absolute Gasteiger partial charge is 0.295 e. The van der Waals surface area contributed by atoms with Crippen LogP contribution < -0.4 is 9.47 Å². The summed E-state index contributed by atoms with van der Waals surface area (Å²) in [6.45, 7) is 11.0. The molecule has 0 radical (unpaired) electrons. The van der Waals surface area contributed by atoms with Gasteiger partial charge in [0.15, 0.2) is 0 Å². The second kappa shape index (κ2) is 13.3. The van der Waals surface area contributed by atoms with Gasteiger partial charge < -0.3 is 24.2 Å². The molecule has 202 valence electrons. The number of ketones is 1. The molecule has 2 heterocycles. The third kappa shape index (κ3) is 6.44. The highest BCUT2D eigenvalue weighted by atomic mass is 16.5. The number of rotatable bonds is 12. The van der Waals surface area contributed by atoms with Crippen LogP contribution in [0.5, 0.6) is 11.5 Å². The van der Waals surface area contributed by atoms with Gasteiger partial charge in [-0.1, -0.05) is 31.7 Å². The molecule has 8 nitrogen and oxygen atoms in total. The largest absolute Gasteiger partial charge is 0.507 e. The zero-order chi connectivity index (χ0) is 26.9. The van der Waals surface area contributed by atoms with Crippen LogP contribution in [0.4, 0.5) is 0 Å². The Bertz CT molecular complexity index is 1140. The molecule has 0 unspecified atom stereocenters. The van der Waals surface area contributed by atoms with Crippen LogP contribution in [-0.2, 0) is 14.3 Å². The summed E-state index contributed by atoms with van der Waals surface area (Å²) in [6, 6.07) is 13.5. The Morgan fingerprint density at radius 2 is 1.68 bits per heavy atom. The minimum atomic E-state index is -0.698. The fourth-order valence-corrected chi connectivity index (χ4v) is 4.73. The van der Waals surface area contributed by atoms with Crippen molar-refractivity contribution in [1.82, 2.24) is 9.80 Å². The summed E-state index contributed by atoms with van der Waals surface area (Å²) < 4.78 is 16.7. The van der Waals surface area contributed by atoms with Crippen molar-refractivity contribution in [3.05, 3.63) is 77.9 Å². The summed E-state index contributed by atoms with van der Waals surface area (Å²) in [5.41, 5.74) is 1.27. The summed E-state index contributed by atoms with van der Waals surface area (Å²) in [4.78, 5) is 30.4. The molecule has 1 N–H and O–H groups in total. The van der Waals surface area contributed by atoms with Crippen molar-refractivity contribution < 1.29 is 28.9 Å². The number of aliphatic hydroxyl groups is 1. The second-order valence-corrected chi connectivity index (χ2v) is 9.34. The third-order valence-corrected chi connectivity index (χ3v) is 6.68. The first-order chi connectivity index (χ1) is 18.5. The Labute approximate surface area is 224 Å². The fourth-order valence-electron chi connectivity index (χ4n) is 4.73. The molecule has 0 spiro atoms. The van der Waals surface area contributed by atoms with Gasteiger partial charge in [0.1, 0.15) is 23.9 Å². The van der Waals surface area contributed by atoms with Gasteiger partial charge in [-0.3, -0.25) is 14.5 Å². The average molecular weight is 521 g/mol. The third-order valence-electron chi connectivity index (χ3n) is 6.68. The van der Waals surface area contributed by atoms with Crippen LogP contribution in [0.25, 0.3) is 5.76 Å². The first-order valence-corrected chi connectivity index (χ1v) is 13.2. The second-order valence-electron chi connectivity index (χ2n) is 9.34. The van der Waals surface area contributed by atoms with E-state index < -0.39 is 17.7 Å². The molecule has 4 rings (SSSR count). The van der Waals surface area contributed by atoms with Gasteiger partial charge in [0.25, 0.3) is 11.7 Å². The Morgan fingerprint density at radius 3 is 2.34 bits per heavy atom. The molecule has 0 saturated carbocycles. The summed E-state index contributed by atoms with van der Waals surface area (Å²) >= 11 is 0. The van der Waals surface area contributed by atoms with Gasteiger partial charge in [-0.05, 0) is 54.8 Å². The maximum absolute atomic E-state index is 13.3.